The zero-order chi connectivity index (χ0) is 13.8. The quantitative estimate of drug-likeness (QED) is 0.867. The first kappa shape index (κ1) is 14.3. The number of hydrogen-bond donors (Lipinski definition) is 2. The van der Waals surface area contributed by atoms with Gasteiger partial charge in [0.2, 0.25) is 0 Å². The Balaban J connectivity index is 2.21. The van der Waals surface area contributed by atoms with Gasteiger partial charge in [-0.1, -0.05) is 18.5 Å². The maximum Gasteiger partial charge on any atom is 0.125 e. The Morgan fingerprint density at radius 3 is 2.79 bits per heavy atom. The summed E-state index contributed by atoms with van der Waals surface area (Å²) in [4.78, 5) is 2.44. The molecular formula is C14H16ClFN2S. The molecule has 2 aromatic rings. The Bertz CT molecular complexity index is 556. The van der Waals surface area contributed by atoms with E-state index in [1.807, 2.05) is 0 Å². The van der Waals surface area contributed by atoms with E-state index < -0.39 is 0 Å². The van der Waals surface area contributed by atoms with Crippen LogP contribution in [0.4, 0.5) is 10.1 Å². The van der Waals surface area contributed by atoms with Crippen molar-refractivity contribution >= 4 is 28.6 Å². The second-order valence-electron chi connectivity index (χ2n) is 4.21. The predicted octanol–water partition coefficient (Wildman–Crippen LogP) is 4.21. The molecule has 19 heavy (non-hydrogen) atoms. The van der Waals surface area contributed by atoms with E-state index in [4.69, 9.17) is 17.3 Å². The van der Waals surface area contributed by atoms with Gasteiger partial charge in [0, 0.05) is 16.3 Å². The summed E-state index contributed by atoms with van der Waals surface area (Å²) < 4.78 is 13.2. The number of halogens is 2. The van der Waals surface area contributed by atoms with Crippen molar-refractivity contribution in [3.05, 3.63) is 50.9 Å². The molecule has 0 spiro atoms. The Morgan fingerprint density at radius 1 is 1.37 bits per heavy atom. The van der Waals surface area contributed by atoms with Crippen LogP contribution in [-0.4, -0.2) is 6.54 Å². The highest BCUT2D eigenvalue weighted by molar-refractivity contribution is 7.12. The van der Waals surface area contributed by atoms with Crippen LogP contribution in [0.2, 0.25) is 5.02 Å². The molecule has 0 aliphatic rings. The van der Waals surface area contributed by atoms with Gasteiger partial charge in [0.05, 0.1) is 16.8 Å². The minimum atomic E-state index is -0.317. The SMILES string of the molecule is CCc1ccc(C(CN)Nc2cc(F)ccc2Cl)s1. The summed E-state index contributed by atoms with van der Waals surface area (Å²) in [5.74, 6) is -0.317. The number of rotatable bonds is 5. The zero-order valence-electron chi connectivity index (χ0n) is 10.6. The van der Waals surface area contributed by atoms with Crippen LogP contribution < -0.4 is 11.1 Å². The lowest BCUT2D eigenvalue weighted by molar-refractivity contribution is 0.627. The second kappa shape index (κ2) is 6.37. The van der Waals surface area contributed by atoms with E-state index in [1.54, 1.807) is 17.4 Å². The maximum atomic E-state index is 13.2. The summed E-state index contributed by atoms with van der Waals surface area (Å²) >= 11 is 7.77. The van der Waals surface area contributed by atoms with Gasteiger partial charge < -0.3 is 11.1 Å². The van der Waals surface area contributed by atoms with Crippen molar-refractivity contribution in [2.75, 3.05) is 11.9 Å². The van der Waals surface area contributed by atoms with Crippen LogP contribution in [0.1, 0.15) is 22.7 Å². The van der Waals surface area contributed by atoms with Gasteiger partial charge in [-0.25, -0.2) is 4.39 Å². The van der Waals surface area contributed by atoms with Gasteiger partial charge in [-0.2, -0.15) is 0 Å². The summed E-state index contributed by atoms with van der Waals surface area (Å²) in [7, 11) is 0. The van der Waals surface area contributed by atoms with Gasteiger partial charge in [0.1, 0.15) is 5.82 Å². The number of anilines is 1. The lowest BCUT2D eigenvalue weighted by Gasteiger charge is -2.17. The molecule has 1 unspecified atom stereocenters. The molecule has 1 aromatic heterocycles. The van der Waals surface area contributed by atoms with Gasteiger partial charge in [-0.05, 0) is 36.8 Å². The van der Waals surface area contributed by atoms with E-state index in [-0.39, 0.29) is 11.9 Å². The van der Waals surface area contributed by atoms with Crippen LogP contribution in [-0.2, 0) is 6.42 Å². The molecule has 2 nitrogen and oxygen atoms in total. The molecule has 1 atom stereocenters. The van der Waals surface area contributed by atoms with Crippen LogP contribution in [0.25, 0.3) is 0 Å². The normalized spacial score (nSPS) is 12.4. The highest BCUT2D eigenvalue weighted by Crippen LogP contribution is 2.30. The molecule has 0 amide bonds. The Hall–Kier alpha value is -1.10. The minimum absolute atomic E-state index is 0.0513. The molecule has 1 aromatic carbocycles. The van der Waals surface area contributed by atoms with E-state index in [9.17, 15) is 4.39 Å². The summed E-state index contributed by atoms with van der Waals surface area (Å²) in [5, 5.41) is 3.70. The van der Waals surface area contributed by atoms with E-state index in [2.05, 4.69) is 24.4 Å². The van der Waals surface area contributed by atoms with Crippen LogP contribution in [0.5, 0.6) is 0 Å². The van der Waals surface area contributed by atoms with Crippen molar-refractivity contribution in [2.45, 2.75) is 19.4 Å². The van der Waals surface area contributed by atoms with Gasteiger partial charge in [0.15, 0.2) is 0 Å². The number of hydrogen-bond acceptors (Lipinski definition) is 3. The average Bonchev–Trinajstić information content (AvgIpc) is 2.88. The summed E-state index contributed by atoms with van der Waals surface area (Å²) in [6, 6.07) is 8.37. The minimum Gasteiger partial charge on any atom is -0.375 e. The monoisotopic (exact) mass is 298 g/mol. The Labute approximate surface area is 121 Å². The van der Waals surface area contributed by atoms with Crippen LogP contribution in [0, 0.1) is 5.82 Å². The lowest BCUT2D eigenvalue weighted by Crippen LogP contribution is -2.19. The molecule has 0 radical (unpaired) electrons. The van der Waals surface area contributed by atoms with Crippen molar-refractivity contribution in [2.24, 2.45) is 5.73 Å². The number of nitrogens with two attached hydrogens (primary N) is 1. The molecule has 0 saturated carbocycles. The summed E-state index contributed by atoms with van der Waals surface area (Å²) in [6.45, 7) is 2.54. The molecular weight excluding hydrogens is 283 g/mol. The first-order valence-corrected chi connectivity index (χ1v) is 7.33. The fourth-order valence-electron chi connectivity index (χ4n) is 1.81. The van der Waals surface area contributed by atoms with E-state index in [0.29, 0.717) is 17.3 Å². The van der Waals surface area contributed by atoms with E-state index in [0.717, 1.165) is 11.3 Å². The van der Waals surface area contributed by atoms with Crippen LogP contribution in [0.3, 0.4) is 0 Å². The number of nitrogens with one attached hydrogen (secondary N) is 1. The largest absolute Gasteiger partial charge is 0.375 e. The van der Waals surface area contributed by atoms with E-state index in [1.165, 1.54) is 17.0 Å². The number of benzene rings is 1. The standard InChI is InChI=1S/C14H16ClFN2S/c1-2-10-4-6-14(19-10)13(8-17)18-12-7-9(16)3-5-11(12)15/h3-7,13,18H,2,8,17H2,1H3. The van der Waals surface area contributed by atoms with Crippen molar-refractivity contribution in [1.29, 1.82) is 0 Å². The first-order chi connectivity index (χ1) is 9.13. The molecule has 0 fully saturated rings. The van der Waals surface area contributed by atoms with Crippen LogP contribution in [0.15, 0.2) is 30.3 Å². The molecule has 0 bridgehead atoms. The first-order valence-electron chi connectivity index (χ1n) is 6.14. The summed E-state index contributed by atoms with van der Waals surface area (Å²) in [5.41, 5.74) is 6.37. The van der Waals surface area contributed by atoms with Gasteiger partial charge in [-0.15, -0.1) is 11.3 Å². The van der Waals surface area contributed by atoms with Gasteiger partial charge in [0.25, 0.3) is 0 Å². The van der Waals surface area contributed by atoms with Crippen molar-refractivity contribution < 1.29 is 4.39 Å². The highest BCUT2D eigenvalue weighted by atomic mass is 35.5. The molecule has 5 heteroatoms. The zero-order valence-corrected chi connectivity index (χ0v) is 12.2. The molecule has 3 N–H and O–H groups in total. The average molecular weight is 299 g/mol. The second-order valence-corrected chi connectivity index (χ2v) is 5.82. The molecule has 0 saturated heterocycles. The fourth-order valence-corrected chi connectivity index (χ4v) is 3.00. The number of aryl methyl sites for hydroxylation is 1. The summed E-state index contributed by atoms with van der Waals surface area (Å²) in [6.07, 6.45) is 1.00. The smallest absolute Gasteiger partial charge is 0.125 e. The van der Waals surface area contributed by atoms with Crippen molar-refractivity contribution in [1.82, 2.24) is 0 Å². The third kappa shape index (κ3) is 3.47. The molecule has 0 aliphatic heterocycles. The predicted molar refractivity (Wildman–Crippen MR) is 80.5 cm³/mol. The molecule has 1 heterocycles. The van der Waals surface area contributed by atoms with Gasteiger partial charge >= 0.3 is 0 Å². The topological polar surface area (TPSA) is 38.0 Å². The Kier molecular flexibility index (Phi) is 4.80. The fraction of sp³-hybridized carbons (Fsp3) is 0.286. The molecule has 102 valence electrons. The van der Waals surface area contributed by atoms with Crippen molar-refractivity contribution in [3.8, 4) is 0 Å². The van der Waals surface area contributed by atoms with Crippen molar-refractivity contribution in [3.63, 3.8) is 0 Å². The number of thiophene rings is 1. The molecule has 0 aliphatic carbocycles. The maximum absolute atomic E-state index is 13.2. The lowest BCUT2D eigenvalue weighted by atomic mass is 10.2. The third-order valence-electron chi connectivity index (χ3n) is 2.87. The van der Waals surface area contributed by atoms with Gasteiger partial charge in [-0.3, -0.25) is 0 Å². The third-order valence-corrected chi connectivity index (χ3v) is 4.54. The van der Waals surface area contributed by atoms with E-state index >= 15 is 0 Å². The van der Waals surface area contributed by atoms with Crippen LogP contribution >= 0.6 is 22.9 Å². The molecule has 2 rings (SSSR count). The highest BCUT2D eigenvalue weighted by Gasteiger charge is 2.14. The Morgan fingerprint density at radius 2 is 2.16 bits per heavy atom.